The van der Waals surface area contributed by atoms with E-state index in [1.165, 1.54) is 4.21 Å². The molecule has 3 aromatic rings. The summed E-state index contributed by atoms with van der Waals surface area (Å²) in [4.78, 5) is 32.0. The first-order valence-electron chi connectivity index (χ1n) is 10.7. The van der Waals surface area contributed by atoms with Crippen LogP contribution in [0.2, 0.25) is 0 Å². The lowest BCUT2D eigenvalue weighted by Crippen LogP contribution is -2.48. The normalized spacial score (nSPS) is 14.6. The first kappa shape index (κ1) is 21.9. The van der Waals surface area contributed by atoms with E-state index in [-0.39, 0.29) is 5.91 Å². The fraction of sp³-hybridized carbons (Fsp3) is 0.333. The fourth-order valence-electron chi connectivity index (χ4n) is 3.75. The molecule has 1 N–H and O–H groups in total. The van der Waals surface area contributed by atoms with E-state index in [2.05, 4.69) is 22.0 Å². The zero-order chi connectivity index (χ0) is 21.5. The van der Waals surface area contributed by atoms with Crippen molar-refractivity contribution in [1.82, 2.24) is 14.8 Å². The Morgan fingerprint density at radius 1 is 1.03 bits per heavy atom. The second kappa shape index (κ2) is 10.8. The molecule has 0 atom stereocenters. The van der Waals surface area contributed by atoms with E-state index in [1.807, 2.05) is 59.3 Å². The van der Waals surface area contributed by atoms with Crippen LogP contribution in [0.4, 0.5) is 0 Å². The lowest BCUT2D eigenvalue weighted by Gasteiger charge is -2.34. The lowest BCUT2D eigenvalue weighted by molar-refractivity contribution is 0.0630. The number of aldehydes is 1. The van der Waals surface area contributed by atoms with Crippen LogP contribution in [0.3, 0.4) is 0 Å². The summed E-state index contributed by atoms with van der Waals surface area (Å²) in [6, 6.07) is 16.0. The van der Waals surface area contributed by atoms with Crippen molar-refractivity contribution in [3.05, 3.63) is 65.3 Å². The number of thioether (sulfide) groups is 1. The molecular weight excluding hydrogens is 426 g/mol. The van der Waals surface area contributed by atoms with Crippen LogP contribution < -0.4 is 0 Å². The van der Waals surface area contributed by atoms with Gasteiger partial charge in [-0.15, -0.1) is 23.1 Å². The number of carbonyl (C=O) groups is 2. The summed E-state index contributed by atoms with van der Waals surface area (Å²) in [5.41, 5.74) is 2.82. The SMILES string of the molecule is O=Cc1ccc(SCCCCN2CCN(C(=O)c3cc(-c4ccccc4)c[nH]3)CC2)s1. The minimum absolute atomic E-state index is 0.0869. The molecule has 0 bridgehead atoms. The maximum Gasteiger partial charge on any atom is 0.270 e. The van der Waals surface area contributed by atoms with E-state index < -0.39 is 0 Å². The van der Waals surface area contributed by atoms with Gasteiger partial charge in [-0.1, -0.05) is 30.3 Å². The zero-order valence-corrected chi connectivity index (χ0v) is 19.1. The molecule has 2 aromatic heterocycles. The van der Waals surface area contributed by atoms with Gasteiger partial charge in [-0.2, -0.15) is 0 Å². The standard InChI is InChI=1S/C24H27N3O2S2/c28-18-21-8-9-23(31-21)30-15-5-4-10-26-11-13-27(14-12-26)24(29)22-16-20(17-25-22)19-6-2-1-3-7-19/h1-3,6-9,16-18,25H,4-5,10-15H2. The van der Waals surface area contributed by atoms with Gasteiger partial charge in [0.05, 0.1) is 9.09 Å². The molecule has 1 amide bonds. The van der Waals surface area contributed by atoms with Crippen molar-refractivity contribution in [1.29, 1.82) is 0 Å². The molecule has 0 spiro atoms. The summed E-state index contributed by atoms with van der Waals surface area (Å²) in [5, 5.41) is 0. The first-order chi connectivity index (χ1) is 15.2. The number of H-pyrrole nitrogens is 1. The number of thiophene rings is 1. The van der Waals surface area contributed by atoms with Gasteiger partial charge in [-0.25, -0.2) is 0 Å². The van der Waals surface area contributed by atoms with Crippen LogP contribution in [-0.4, -0.2) is 65.5 Å². The van der Waals surface area contributed by atoms with Crippen LogP contribution >= 0.6 is 23.1 Å². The predicted molar refractivity (Wildman–Crippen MR) is 128 cm³/mol. The van der Waals surface area contributed by atoms with Crippen LogP contribution in [0.15, 0.2) is 58.9 Å². The molecule has 1 saturated heterocycles. The van der Waals surface area contributed by atoms with E-state index >= 15 is 0 Å². The number of unbranched alkanes of at least 4 members (excludes halogenated alkanes) is 1. The number of piperazine rings is 1. The van der Waals surface area contributed by atoms with Gasteiger partial charge in [0.1, 0.15) is 5.69 Å². The van der Waals surface area contributed by atoms with Gasteiger partial charge in [0.2, 0.25) is 0 Å². The highest BCUT2D eigenvalue weighted by Gasteiger charge is 2.23. The molecule has 1 fully saturated rings. The fourth-order valence-corrected chi connectivity index (χ4v) is 5.79. The number of hydrogen-bond donors (Lipinski definition) is 1. The molecule has 3 heterocycles. The summed E-state index contributed by atoms with van der Waals surface area (Å²) < 4.78 is 1.22. The number of aromatic amines is 1. The molecule has 0 radical (unpaired) electrons. The Morgan fingerprint density at radius 2 is 1.84 bits per heavy atom. The average molecular weight is 454 g/mol. The van der Waals surface area contributed by atoms with Crippen LogP contribution in [-0.2, 0) is 0 Å². The van der Waals surface area contributed by atoms with Crippen LogP contribution in [0.1, 0.15) is 33.0 Å². The third-order valence-electron chi connectivity index (χ3n) is 5.51. The number of carbonyl (C=O) groups excluding carboxylic acids is 2. The van der Waals surface area contributed by atoms with E-state index in [1.54, 1.807) is 11.3 Å². The minimum Gasteiger partial charge on any atom is -0.357 e. The zero-order valence-electron chi connectivity index (χ0n) is 17.5. The highest BCUT2D eigenvalue weighted by molar-refractivity contribution is 8.01. The largest absolute Gasteiger partial charge is 0.357 e. The van der Waals surface area contributed by atoms with Crippen LogP contribution in [0, 0.1) is 0 Å². The third-order valence-corrected chi connectivity index (χ3v) is 7.83. The third kappa shape index (κ3) is 5.87. The van der Waals surface area contributed by atoms with Gasteiger partial charge in [-0.3, -0.25) is 14.5 Å². The summed E-state index contributed by atoms with van der Waals surface area (Å²) in [6.07, 6.45) is 5.14. The van der Waals surface area contributed by atoms with Gasteiger partial charge in [0.25, 0.3) is 5.91 Å². The number of nitrogens with zero attached hydrogens (tertiary/aromatic N) is 2. The minimum atomic E-state index is 0.0869. The number of benzene rings is 1. The van der Waals surface area contributed by atoms with Crippen molar-refractivity contribution in [2.75, 3.05) is 38.5 Å². The van der Waals surface area contributed by atoms with E-state index in [4.69, 9.17) is 0 Å². The van der Waals surface area contributed by atoms with Gasteiger partial charge in [0.15, 0.2) is 6.29 Å². The molecule has 0 aliphatic carbocycles. The highest BCUT2D eigenvalue weighted by atomic mass is 32.2. The summed E-state index contributed by atoms with van der Waals surface area (Å²) >= 11 is 3.39. The molecule has 1 aromatic carbocycles. The Labute approximate surface area is 191 Å². The molecule has 1 aliphatic rings. The van der Waals surface area contributed by atoms with Crippen molar-refractivity contribution < 1.29 is 9.59 Å². The second-order valence-corrected chi connectivity index (χ2v) is 10.1. The van der Waals surface area contributed by atoms with Gasteiger partial charge in [-0.05, 0) is 54.5 Å². The van der Waals surface area contributed by atoms with Crippen molar-refractivity contribution >= 4 is 35.3 Å². The van der Waals surface area contributed by atoms with Crippen molar-refractivity contribution in [3.8, 4) is 11.1 Å². The topological polar surface area (TPSA) is 56.4 Å². The smallest absolute Gasteiger partial charge is 0.270 e. The van der Waals surface area contributed by atoms with Crippen molar-refractivity contribution in [3.63, 3.8) is 0 Å². The molecule has 0 saturated carbocycles. The number of amides is 1. The Balaban J connectivity index is 1.16. The number of nitrogens with one attached hydrogen (secondary N) is 1. The molecule has 162 valence electrons. The lowest BCUT2D eigenvalue weighted by atomic mass is 10.1. The summed E-state index contributed by atoms with van der Waals surface area (Å²) in [5.74, 6) is 1.16. The first-order valence-corrected chi connectivity index (χ1v) is 12.5. The van der Waals surface area contributed by atoms with Crippen molar-refractivity contribution in [2.24, 2.45) is 0 Å². The van der Waals surface area contributed by atoms with Crippen LogP contribution in [0.25, 0.3) is 11.1 Å². The number of rotatable bonds is 9. The quantitative estimate of drug-likeness (QED) is 0.285. The number of hydrogen-bond acceptors (Lipinski definition) is 5. The highest BCUT2D eigenvalue weighted by Crippen LogP contribution is 2.27. The van der Waals surface area contributed by atoms with E-state index in [0.717, 1.165) is 73.6 Å². The summed E-state index contributed by atoms with van der Waals surface area (Å²) in [6.45, 7) is 4.48. The van der Waals surface area contributed by atoms with Gasteiger partial charge < -0.3 is 9.88 Å². The Kier molecular flexibility index (Phi) is 7.61. The molecular formula is C24H27N3O2S2. The molecule has 7 heteroatoms. The van der Waals surface area contributed by atoms with E-state index in [0.29, 0.717) is 5.69 Å². The van der Waals surface area contributed by atoms with Crippen molar-refractivity contribution in [2.45, 2.75) is 17.1 Å². The Hall–Kier alpha value is -2.35. The van der Waals surface area contributed by atoms with Crippen LogP contribution in [0.5, 0.6) is 0 Å². The average Bonchev–Trinajstić information content (AvgIpc) is 3.49. The molecule has 0 unspecified atom stereocenters. The number of aromatic nitrogens is 1. The second-order valence-electron chi connectivity index (χ2n) is 7.63. The predicted octanol–water partition coefficient (Wildman–Crippen LogP) is 4.89. The maximum absolute atomic E-state index is 12.9. The molecule has 5 nitrogen and oxygen atoms in total. The van der Waals surface area contributed by atoms with Gasteiger partial charge in [0, 0.05) is 32.4 Å². The molecule has 1 aliphatic heterocycles. The Morgan fingerprint density at radius 3 is 2.58 bits per heavy atom. The maximum atomic E-state index is 12.9. The summed E-state index contributed by atoms with van der Waals surface area (Å²) in [7, 11) is 0. The molecule has 4 rings (SSSR count). The Bertz CT molecular complexity index is 991. The monoisotopic (exact) mass is 453 g/mol. The molecule has 31 heavy (non-hydrogen) atoms. The van der Waals surface area contributed by atoms with E-state index in [9.17, 15) is 9.59 Å². The van der Waals surface area contributed by atoms with Gasteiger partial charge >= 0.3 is 0 Å².